The first-order valence-electron chi connectivity index (χ1n) is 10.4. The summed E-state index contributed by atoms with van der Waals surface area (Å²) in [5, 5.41) is 42.5. The maximum atomic E-state index is 13.0. The minimum absolute atomic E-state index is 0.0260. The van der Waals surface area contributed by atoms with Crippen molar-refractivity contribution in [3.8, 4) is 17.2 Å². The summed E-state index contributed by atoms with van der Waals surface area (Å²) in [6.45, 7) is 1.22. The van der Waals surface area contributed by atoms with Gasteiger partial charge in [0.2, 0.25) is 6.29 Å². The van der Waals surface area contributed by atoms with Gasteiger partial charge in [0.25, 0.3) is 5.91 Å². The van der Waals surface area contributed by atoms with Crippen LogP contribution in [-0.4, -0.2) is 77.9 Å². The number of nitrogens with one attached hydrogen (secondary N) is 1. The van der Waals surface area contributed by atoms with Crippen molar-refractivity contribution in [1.82, 2.24) is 5.32 Å². The van der Waals surface area contributed by atoms with Crippen molar-refractivity contribution in [2.45, 2.75) is 43.7 Å². The number of carbonyl (C=O) groups is 1. The lowest BCUT2D eigenvalue weighted by Gasteiger charge is -2.39. The van der Waals surface area contributed by atoms with E-state index in [-0.39, 0.29) is 17.4 Å². The molecule has 1 heterocycles. The number of benzene rings is 2. The normalized spacial score (nSPS) is 25.7. The molecule has 5 N–H and O–H groups in total. The fourth-order valence-corrected chi connectivity index (χ4v) is 3.45. The number of carbonyl (C=O) groups excluding carboxylic acids is 1. The van der Waals surface area contributed by atoms with Crippen LogP contribution in [-0.2, 0) is 4.74 Å². The smallest absolute Gasteiger partial charge is 0.255 e. The van der Waals surface area contributed by atoms with E-state index in [9.17, 15) is 25.2 Å². The third-order valence-corrected chi connectivity index (χ3v) is 5.49. The van der Waals surface area contributed by atoms with Gasteiger partial charge in [-0.15, -0.1) is 0 Å². The van der Waals surface area contributed by atoms with Crippen LogP contribution in [0, 0.1) is 0 Å². The Bertz CT molecular complexity index is 934. The van der Waals surface area contributed by atoms with Gasteiger partial charge in [0.05, 0.1) is 32.4 Å². The van der Waals surface area contributed by atoms with Crippen molar-refractivity contribution in [2.75, 3.05) is 20.8 Å². The molecule has 6 unspecified atom stereocenters. The molecule has 3 rings (SSSR count). The minimum Gasteiger partial charge on any atom is -0.497 e. The zero-order valence-corrected chi connectivity index (χ0v) is 18.5. The highest BCUT2D eigenvalue weighted by Crippen LogP contribution is 2.30. The predicted molar refractivity (Wildman–Crippen MR) is 116 cm³/mol. The minimum atomic E-state index is -1.62. The summed E-state index contributed by atoms with van der Waals surface area (Å²) < 4.78 is 21.5. The number of aliphatic hydroxyl groups excluding tert-OH is 4. The molecular weight excluding hydrogens is 434 g/mol. The topological polar surface area (TPSA) is 147 Å². The van der Waals surface area contributed by atoms with E-state index >= 15 is 0 Å². The summed E-state index contributed by atoms with van der Waals surface area (Å²) in [5.41, 5.74) is 0.988. The second-order valence-corrected chi connectivity index (χ2v) is 7.65. The van der Waals surface area contributed by atoms with Gasteiger partial charge in [-0.05, 0) is 36.8 Å². The first-order valence-corrected chi connectivity index (χ1v) is 10.4. The zero-order valence-electron chi connectivity index (χ0n) is 18.5. The van der Waals surface area contributed by atoms with E-state index in [0.717, 1.165) is 5.56 Å². The molecule has 2 aromatic carbocycles. The molecule has 0 bridgehead atoms. The van der Waals surface area contributed by atoms with E-state index in [1.165, 1.54) is 19.2 Å². The van der Waals surface area contributed by atoms with E-state index < -0.39 is 43.2 Å². The molecule has 2 aromatic rings. The highest BCUT2D eigenvalue weighted by molar-refractivity contribution is 5.97. The lowest BCUT2D eigenvalue weighted by molar-refractivity contribution is -0.277. The van der Waals surface area contributed by atoms with Gasteiger partial charge in [-0.25, -0.2) is 0 Å². The molecule has 1 amide bonds. The maximum absolute atomic E-state index is 13.0. The second kappa shape index (κ2) is 10.8. The van der Waals surface area contributed by atoms with Gasteiger partial charge in [-0.1, -0.05) is 12.1 Å². The molecule has 10 heteroatoms. The van der Waals surface area contributed by atoms with Gasteiger partial charge in [-0.2, -0.15) is 0 Å². The number of hydrogen-bond acceptors (Lipinski definition) is 9. The molecule has 1 saturated heterocycles. The van der Waals surface area contributed by atoms with Crippen LogP contribution < -0.4 is 19.5 Å². The van der Waals surface area contributed by atoms with Crippen molar-refractivity contribution < 1.29 is 44.2 Å². The molecule has 0 radical (unpaired) electrons. The number of aliphatic hydroxyl groups is 4. The molecule has 1 aliphatic heterocycles. The van der Waals surface area contributed by atoms with Gasteiger partial charge < -0.3 is 44.7 Å². The van der Waals surface area contributed by atoms with Crippen LogP contribution in [0.1, 0.15) is 28.9 Å². The molecule has 1 aliphatic rings. The summed E-state index contributed by atoms with van der Waals surface area (Å²) >= 11 is 0. The number of ether oxygens (including phenoxy) is 4. The molecule has 0 aromatic heterocycles. The van der Waals surface area contributed by atoms with E-state index in [4.69, 9.17) is 18.9 Å². The van der Waals surface area contributed by atoms with Crippen molar-refractivity contribution in [3.63, 3.8) is 0 Å². The Morgan fingerprint density at radius 1 is 1.00 bits per heavy atom. The second-order valence-electron chi connectivity index (χ2n) is 7.65. The summed E-state index contributed by atoms with van der Waals surface area (Å²) in [6.07, 6.45) is -7.35. The van der Waals surface area contributed by atoms with Gasteiger partial charge >= 0.3 is 0 Å². The molecule has 10 nitrogen and oxygen atoms in total. The lowest BCUT2D eigenvalue weighted by atomic mass is 9.99. The van der Waals surface area contributed by atoms with E-state index in [0.29, 0.717) is 11.5 Å². The summed E-state index contributed by atoms with van der Waals surface area (Å²) in [4.78, 5) is 13.0. The van der Waals surface area contributed by atoms with Crippen LogP contribution in [0.5, 0.6) is 17.2 Å². The Balaban J connectivity index is 1.81. The molecular formula is C23H29NO9. The predicted octanol–water partition coefficient (Wildman–Crippen LogP) is 0.373. The molecule has 180 valence electrons. The number of amides is 1. The van der Waals surface area contributed by atoms with E-state index in [1.54, 1.807) is 25.3 Å². The number of rotatable bonds is 8. The SMILES string of the molecule is COc1ccc(C(C)NC(=O)c2ccc(OC)cc2OC2OC(CO)C(O)C(O)C2O)cc1. The Labute approximate surface area is 191 Å². The average Bonchev–Trinajstić information content (AvgIpc) is 2.84. The Kier molecular flexibility index (Phi) is 8.11. The molecule has 33 heavy (non-hydrogen) atoms. The quantitative estimate of drug-likeness (QED) is 0.375. The summed E-state index contributed by atoms with van der Waals surface area (Å²) in [7, 11) is 3.01. The van der Waals surface area contributed by atoms with Crippen LogP contribution in [0.25, 0.3) is 0 Å². The fourth-order valence-electron chi connectivity index (χ4n) is 3.45. The molecule has 1 fully saturated rings. The highest BCUT2D eigenvalue weighted by Gasteiger charge is 2.45. The van der Waals surface area contributed by atoms with Gasteiger partial charge in [0.1, 0.15) is 41.7 Å². The first kappa shape index (κ1) is 24.7. The lowest BCUT2D eigenvalue weighted by Crippen LogP contribution is -2.60. The zero-order chi connectivity index (χ0) is 24.1. The summed E-state index contributed by atoms with van der Waals surface area (Å²) in [5.74, 6) is 0.649. The monoisotopic (exact) mass is 463 g/mol. The van der Waals surface area contributed by atoms with E-state index in [1.807, 2.05) is 19.1 Å². The summed E-state index contributed by atoms with van der Waals surface area (Å²) in [6, 6.07) is 11.4. The molecule has 0 spiro atoms. The Morgan fingerprint density at radius 2 is 1.64 bits per heavy atom. The standard InChI is InChI=1S/C23H29NO9/c1-12(13-4-6-14(30-2)7-5-13)24-22(29)16-9-8-15(31-3)10-17(16)32-23-21(28)20(27)19(26)18(11-25)33-23/h4-10,12,18-21,23,25-28H,11H2,1-3H3,(H,24,29). The van der Waals surface area contributed by atoms with Crippen LogP contribution in [0.3, 0.4) is 0 Å². The Morgan fingerprint density at radius 3 is 2.24 bits per heavy atom. The van der Waals surface area contributed by atoms with Crippen LogP contribution in [0.4, 0.5) is 0 Å². The van der Waals surface area contributed by atoms with Crippen molar-refractivity contribution in [2.24, 2.45) is 0 Å². The molecule has 0 aliphatic carbocycles. The first-order chi connectivity index (χ1) is 15.8. The fraction of sp³-hybridized carbons (Fsp3) is 0.435. The number of hydrogen-bond donors (Lipinski definition) is 5. The van der Waals surface area contributed by atoms with Crippen LogP contribution in [0.15, 0.2) is 42.5 Å². The van der Waals surface area contributed by atoms with Crippen molar-refractivity contribution in [1.29, 1.82) is 0 Å². The van der Waals surface area contributed by atoms with Crippen LogP contribution >= 0.6 is 0 Å². The van der Waals surface area contributed by atoms with Crippen molar-refractivity contribution >= 4 is 5.91 Å². The third kappa shape index (κ3) is 5.55. The molecule has 0 saturated carbocycles. The van der Waals surface area contributed by atoms with Crippen LogP contribution in [0.2, 0.25) is 0 Å². The third-order valence-electron chi connectivity index (χ3n) is 5.49. The van der Waals surface area contributed by atoms with Gasteiger partial charge in [-0.3, -0.25) is 4.79 Å². The average molecular weight is 463 g/mol. The number of methoxy groups -OCH3 is 2. The van der Waals surface area contributed by atoms with Gasteiger partial charge in [0.15, 0.2) is 0 Å². The van der Waals surface area contributed by atoms with E-state index in [2.05, 4.69) is 5.32 Å². The molecule has 6 atom stereocenters. The largest absolute Gasteiger partial charge is 0.497 e. The highest BCUT2D eigenvalue weighted by atomic mass is 16.7. The van der Waals surface area contributed by atoms with Gasteiger partial charge in [0, 0.05) is 6.07 Å². The maximum Gasteiger partial charge on any atom is 0.255 e. The Hall–Kier alpha value is -2.89. The van der Waals surface area contributed by atoms with Crippen molar-refractivity contribution in [3.05, 3.63) is 53.6 Å².